The highest BCUT2D eigenvalue weighted by molar-refractivity contribution is 14.0. The van der Waals surface area contributed by atoms with E-state index in [0.29, 0.717) is 6.54 Å². The second-order valence-corrected chi connectivity index (χ2v) is 3.65. The Morgan fingerprint density at radius 1 is 1.22 bits per heavy atom. The Balaban J connectivity index is 0.00000289. The Morgan fingerprint density at radius 2 is 1.94 bits per heavy atom. The van der Waals surface area contributed by atoms with Gasteiger partial charge in [0.25, 0.3) is 0 Å². The van der Waals surface area contributed by atoms with Gasteiger partial charge in [-0.2, -0.15) is 0 Å². The number of nitrogens with one attached hydrogen (secondary N) is 2. The molecule has 0 spiro atoms. The Kier molecular flexibility index (Phi) is 10.8. The van der Waals surface area contributed by atoms with E-state index in [2.05, 4.69) is 27.8 Å². The lowest BCUT2D eigenvalue weighted by molar-refractivity contribution is 0.306. The molecule has 1 aromatic carbocycles. The second kappa shape index (κ2) is 11.3. The van der Waals surface area contributed by atoms with E-state index >= 15 is 0 Å². The van der Waals surface area contributed by atoms with E-state index in [0.717, 1.165) is 25.5 Å². The quantitative estimate of drug-likeness (QED) is 0.407. The van der Waals surface area contributed by atoms with Crippen molar-refractivity contribution < 1.29 is 5.11 Å². The zero-order chi connectivity index (χ0) is 12.3. The summed E-state index contributed by atoms with van der Waals surface area (Å²) in [6.45, 7) is 4.19. The summed E-state index contributed by atoms with van der Waals surface area (Å²) in [6.07, 6.45) is 0.963. The number of nitrogens with zero attached hydrogens (tertiary/aromatic N) is 1. The lowest BCUT2D eigenvalue weighted by Gasteiger charge is -2.10. The number of aliphatic hydroxyl groups is 1. The van der Waals surface area contributed by atoms with Crippen molar-refractivity contribution in [2.24, 2.45) is 4.99 Å². The van der Waals surface area contributed by atoms with Crippen LogP contribution in [-0.2, 0) is 6.42 Å². The Morgan fingerprint density at radius 3 is 2.56 bits per heavy atom. The molecule has 0 unspecified atom stereocenters. The Bertz CT molecular complexity index is 330. The number of hydrogen-bond acceptors (Lipinski definition) is 2. The number of halogens is 1. The van der Waals surface area contributed by atoms with Gasteiger partial charge in [-0.05, 0) is 18.9 Å². The maximum Gasteiger partial charge on any atom is 0.191 e. The minimum absolute atomic E-state index is 0. The summed E-state index contributed by atoms with van der Waals surface area (Å²) in [4.78, 5) is 4.21. The first-order valence-corrected chi connectivity index (χ1v) is 6.03. The van der Waals surface area contributed by atoms with Crippen LogP contribution in [0.15, 0.2) is 35.3 Å². The minimum atomic E-state index is 0. The molecule has 0 atom stereocenters. The summed E-state index contributed by atoms with van der Waals surface area (Å²) < 4.78 is 0. The van der Waals surface area contributed by atoms with Crippen LogP contribution in [0.4, 0.5) is 0 Å². The molecule has 3 N–H and O–H groups in total. The van der Waals surface area contributed by atoms with Crippen LogP contribution >= 0.6 is 24.0 Å². The van der Waals surface area contributed by atoms with E-state index in [-0.39, 0.29) is 30.6 Å². The summed E-state index contributed by atoms with van der Waals surface area (Å²) in [7, 11) is 0. The SMILES string of the molecule is CCNC(=NCCO)NCCc1ccccc1.I. The highest BCUT2D eigenvalue weighted by Crippen LogP contribution is 1.97. The maximum absolute atomic E-state index is 8.72. The summed E-state index contributed by atoms with van der Waals surface area (Å²) in [6, 6.07) is 10.3. The molecule has 0 fully saturated rings. The number of aliphatic imine (C=N–C) groups is 1. The van der Waals surface area contributed by atoms with Gasteiger partial charge in [-0.25, -0.2) is 0 Å². The van der Waals surface area contributed by atoms with E-state index in [4.69, 9.17) is 5.11 Å². The molecule has 0 amide bonds. The predicted molar refractivity (Wildman–Crippen MR) is 86.6 cm³/mol. The van der Waals surface area contributed by atoms with Gasteiger partial charge in [0.1, 0.15) is 0 Å². The molecule has 0 heterocycles. The third-order valence-electron chi connectivity index (χ3n) is 2.26. The molecule has 0 aliphatic heterocycles. The minimum Gasteiger partial charge on any atom is -0.394 e. The van der Waals surface area contributed by atoms with Crippen molar-refractivity contribution in [2.75, 3.05) is 26.2 Å². The van der Waals surface area contributed by atoms with Crippen LogP contribution in [0.1, 0.15) is 12.5 Å². The zero-order valence-corrected chi connectivity index (χ0v) is 13.1. The molecule has 4 nitrogen and oxygen atoms in total. The van der Waals surface area contributed by atoms with E-state index in [9.17, 15) is 0 Å². The summed E-state index contributed by atoms with van der Waals surface area (Å²) in [5.41, 5.74) is 1.30. The van der Waals surface area contributed by atoms with Crippen molar-refractivity contribution in [3.8, 4) is 0 Å². The fourth-order valence-corrected chi connectivity index (χ4v) is 1.47. The average Bonchev–Trinajstić information content (AvgIpc) is 2.37. The van der Waals surface area contributed by atoms with Crippen LogP contribution in [0.3, 0.4) is 0 Å². The number of benzene rings is 1. The van der Waals surface area contributed by atoms with Gasteiger partial charge in [0, 0.05) is 13.1 Å². The third-order valence-corrected chi connectivity index (χ3v) is 2.26. The number of aliphatic hydroxyl groups excluding tert-OH is 1. The largest absolute Gasteiger partial charge is 0.394 e. The van der Waals surface area contributed by atoms with Crippen LogP contribution < -0.4 is 10.6 Å². The average molecular weight is 363 g/mol. The highest BCUT2D eigenvalue weighted by Gasteiger charge is 1.96. The monoisotopic (exact) mass is 363 g/mol. The van der Waals surface area contributed by atoms with E-state index in [1.165, 1.54) is 5.56 Å². The van der Waals surface area contributed by atoms with Gasteiger partial charge in [-0.15, -0.1) is 24.0 Å². The van der Waals surface area contributed by atoms with Gasteiger partial charge in [0.05, 0.1) is 13.2 Å². The van der Waals surface area contributed by atoms with Crippen LogP contribution in [0.25, 0.3) is 0 Å². The van der Waals surface area contributed by atoms with E-state index in [1.54, 1.807) is 0 Å². The van der Waals surface area contributed by atoms with Gasteiger partial charge >= 0.3 is 0 Å². The van der Waals surface area contributed by atoms with Gasteiger partial charge in [-0.1, -0.05) is 30.3 Å². The van der Waals surface area contributed by atoms with Crippen molar-refractivity contribution in [1.82, 2.24) is 10.6 Å². The zero-order valence-electron chi connectivity index (χ0n) is 10.7. The highest BCUT2D eigenvalue weighted by atomic mass is 127. The van der Waals surface area contributed by atoms with Crippen LogP contribution in [0, 0.1) is 0 Å². The normalized spacial score (nSPS) is 10.7. The summed E-state index contributed by atoms with van der Waals surface area (Å²) in [5, 5.41) is 15.1. The Hall–Kier alpha value is -0.820. The van der Waals surface area contributed by atoms with Crippen molar-refractivity contribution in [2.45, 2.75) is 13.3 Å². The maximum atomic E-state index is 8.72. The van der Waals surface area contributed by atoms with Crippen molar-refractivity contribution >= 4 is 29.9 Å². The van der Waals surface area contributed by atoms with Gasteiger partial charge in [0.15, 0.2) is 5.96 Å². The van der Waals surface area contributed by atoms with Crippen LogP contribution in [0.2, 0.25) is 0 Å². The molecule has 102 valence electrons. The summed E-state index contributed by atoms with van der Waals surface area (Å²) >= 11 is 0. The molecule has 1 aromatic rings. The first-order valence-electron chi connectivity index (χ1n) is 6.03. The second-order valence-electron chi connectivity index (χ2n) is 3.65. The van der Waals surface area contributed by atoms with Crippen molar-refractivity contribution in [3.63, 3.8) is 0 Å². The van der Waals surface area contributed by atoms with Crippen molar-refractivity contribution in [3.05, 3.63) is 35.9 Å². The molecule has 0 aromatic heterocycles. The Labute approximate surface area is 126 Å². The topological polar surface area (TPSA) is 56.7 Å². The molecule has 1 rings (SSSR count). The molecular formula is C13H22IN3O. The summed E-state index contributed by atoms with van der Waals surface area (Å²) in [5.74, 6) is 0.762. The molecule has 5 heteroatoms. The predicted octanol–water partition coefficient (Wildman–Crippen LogP) is 1.39. The van der Waals surface area contributed by atoms with Crippen LogP contribution in [0.5, 0.6) is 0 Å². The fourth-order valence-electron chi connectivity index (χ4n) is 1.47. The van der Waals surface area contributed by atoms with Gasteiger partial charge in [-0.3, -0.25) is 4.99 Å². The standard InChI is InChI=1S/C13H21N3O.HI/c1-2-14-13(16-10-11-17)15-9-8-12-6-4-3-5-7-12;/h3-7,17H,2,8-11H2,1H3,(H2,14,15,16);1H. The van der Waals surface area contributed by atoms with Crippen molar-refractivity contribution in [1.29, 1.82) is 0 Å². The fraction of sp³-hybridized carbons (Fsp3) is 0.462. The third kappa shape index (κ3) is 7.50. The number of guanidine groups is 1. The molecule has 0 saturated heterocycles. The van der Waals surface area contributed by atoms with Gasteiger partial charge < -0.3 is 15.7 Å². The van der Waals surface area contributed by atoms with Gasteiger partial charge in [0.2, 0.25) is 0 Å². The molecular weight excluding hydrogens is 341 g/mol. The molecule has 0 aliphatic carbocycles. The molecule has 0 aliphatic rings. The van der Waals surface area contributed by atoms with Crippen LogP contribution in [-0.4, -0.2) is 37.3 Å². The molecule has 0 saturated carbocycles. The molecule has 0 radical (unpaired) electrons. The smallest absolute Gasteiger partial charge is 0.191 e. The lowest BCUT2D eigenvalue weighted by atomic mass is 10.1. The number of rotatable bonds is 6. The lowest BCUT2D eigenvalue weighted by Crippen LogP contribution is -2.38. The first kappa shape index (κ1) is 17.2. The molecule has 0 bridgehead atoms. The van der Waals surface area contributed by atoms with E-state index in [1.807, 2.05) is 25.1 Å². The van der Waals surface area contributed by atoms with E-state index < -0.39 is 0 Å². The number of hydrogen-bond donors (Lipinski definition) is 3. The molecule has 18 heavy (non-hydrogen) atoms. The first-order chi connectivity index (χ1) is 8.36.